The predicted octanol–water partition coefficient (Wildman–Crippen LogP) is 2.23. The van der Waals surface area contributed by atoms with Gasteiger partial charge in [-0.15, -0.1) is 0 Å². The van der Waals surface area contributed by atoms with Crippen molar-refractivity contribution in [3.05, 3.63) is 24.3 Å². The van der Waals surface area contributed by atoms with E-state index in [1.165, 1.54) is 0 Å². The van der Waals surface area contributed by atoms with E-state index in [0.29, 0.717) is 11.7 Å². The lowest BCUT2D eigenvalue weighted by Gasteiger charge is -2.17. The van der Waals surface area contributed by atoms with E-state index >= 15 is 0 Å². The SMILES string of the molecule is COc1ccc(OCC(=O)N[C@H](C)C(C)C)cc1. The molecule has 0 aliphatic carbocycles. The van der Waals surface area contributed by atoms with Gasteiger partial charge in [0.1, 0.15) is 11.5 Å². The second-order valence-corrected chi connectivity index (χ2v) is 4.56. The Kier molecular flexibility index (Phi) is 5.49. The smallest absolute Gasteiger partial charge is 0.258 e. The maximum Gasteiger partial charge on any atom is 0.258 e. The minimum Gasteiger partial charge on any atom is -0.497 e. The fraction of sp³-hybridized carbons (Fsp3) is 0.500. The molecule has 0 saturated heterocycles. The third-order valence-corrected chi connectivity index (χ3v) is 2.82. The van der Waals surface area contributed by atoms with Crippen molar-refractivity contribution >= 4 is 5.91 Å². The number of hydrogen-bond acceptors (Lipinski definition) is 3. The first-order valence-corrected chi connectivity index (χ1v) is 6.09. The van der Waals surface area contributed by atoms with Crippen molar-refractivity contribution < 1.29 is 14.3 Å². The molecule has 1 rings (SSSR count). The summed E-state index contributed by atoms with van der Waals surface area (Å²) in [5.41, 5.74) is 0. The Hall–Kier alpha value is -1.71. The molecule has 0 unspecified atom stereocenters. The molecule has 18 heavy (non-hydrogen) atoms. The number of carbonyl (C=O) groups is 1. The number of amides is 1. The van der Waals surface area contributed by atoms with E-state index in [9.17, 15) is 4.79 Å². The van der Waals surface area contributed by atoms with Gasteiger partial charge in [0, 0.05) is 6.04 Å². The summed E-state index contributed by atoms with van der Waals surface area (Å²) in [7, 11) is 1.61. The van der Waals surface area contributed by atoms with Gasteiger partial charge in [0.25, 0.3) is 5.91 Å². The molecule has 0 aliphatic heterocycles. The molecule has 4 nitrogen and oxygen atoms in total. The average Bonchev–Trinajstić information content (AvgIpc) is 2.36. The summed E-state index contributed by atoms with van der Waals surface area (Å²) < 4.78 is 10.4. The van der Waals surface area contributed by atoms with Crippen molar-refractivity contribution in [3.8, 4) is 11.5 Å². The van der Waals surface area contributed by atoms with Crippen molar-refractivity contribution in [2.75, 3.05) is 13.7 Å². The van der Waals surface area contributed by atoms with Crippen LogP contribution in [0.1, 0.15) is 20.8 Å². The number of carbonyl (C=O) groups excluding carboxylic acids is 1. The van der Waals surface area contributed by atoms with Crippen LogP contribution in [0.3, 0.4) is 0 Å². The Labute approximate surface area is 108 Å². The molecule has 1 atom stereocenters. The van der Waals surface area contributed by atoms with Gasteiger partial charge in [-0.05, 0) is 37.1 Å². The topological polar surface area (TPSA) is 47.6 Å². The molecule has 1 aromatic carbocycles. The lowest BCUT2D eigenvalue weighted by Crippen LogP contribution is -2.38. The van der Waals surface area contributed by atoms with Crippen LogP contribution in [0.25, 0.3) is 0 Å². The maximum absolute atomic E-state index is 11.6. The van der Waals surface area contributed by atoms with E-state index in [0.717, 1.165) is 5.75 Å². The van der Waals surface area contributed by atoms with Crippen molar-refractivity contribution in [1.82, 2.24) is 5.32 Å². The number of benzene rings is 1. The maximum atomic E-state index is 11.6. The van der Waals surface area contributed by atoms with Crippen LogP contribution >= 0.6 is 0 Å². The Balaban J connectivity index is 2.37. The molecule has 0 aliphatic rings. The summed E-state index contributed by atoms with van der Waals surface area (Å²) in [5.74, 6) is 1.73. The number of rotatable bonds is 6. The van der Waals surface area contributed by atoms with Crippen LogP contribution in [0.2, 0.25) is 0 Å². The molecule has 1 amide bonds. The molecule has 4 heteroatoms. The molecule has 0 spiro atoms. The zero-order valence-corrected chi connectivity index (χ0v) is 11.4. The Bertz CT molecular complexity index is 373. The average molecular weight is 251 g/mol. The van der Waals surface area contributed by atoms with E-state index in [4.69, 9.17) is 9.47 Å². The molecule has 0 bridgehead atoms. The van der Waals surface area contributed by atoms with Crippen LogP contribution in [0.5, 0.6) is 11.5 Å². The largest absolute Gasteiger partial charge is 0.497 e. The Morgan fingerprint density at radius 2 is 1.72 bits per heavy atom. The minimum atomic E-state index is -0.105. The van der Waals surface area contributed by atoms with Crippen LogP contribution in [0.15, 0.2) is 24.3 Å². The van der Waals surface area contributed by atoms with Crippen molar-refractivity contribution in [3.63, 3.8) is 0 Å². The molecule has 0 fully saturated rings. The molecule has 1 N–H and O–H groups in total. The first-order valence-electron chi connectivity index (χ1n) is 6.09. The minimum absolute atomic E-state index is 0.0311. The lowest BCUT2D eigenvalue weighted by molar-refractivity contribution is -0.124. The monoisotopic (exact) mass is 251 g/mol. The van der Waals surface area contributed by atoms with Gasteiger partial charge >= 0.3 is 0 Å². The lowest BCUT2D eigenvalue weighted by atomic mass is 10.1. The van der Waals surface area contributed by atoms with E-state index in [-0.39, 0.29) is 18.6 Å². The molecular formula is C14H21NO3. The van der Waals surface area contributed by atoms with Crippen LogP contribution in [0, 0.1) is 5.92 Å². The van der Waals surface area contributed by atoms with Crippen LogP contribution in [-0.2, 0) is 4.79 Å². The second-order valence-electron chi connectivity index (χ2n) is 4.56. The summed E-state index contributed by atoms with van der Waals surface area (Å²) in [6, 6.07) is 7.29. The Morgan fingerprint density at radius 1 is 1.17 bits per heavy atom. The quantitative estimate of drug-likeness (QED) is 0.843. The van der Waals surface area contributed by atoms with E-state index < -0.39 is 0 Å². The van der Waals surface area contributed by atoms with Gasteiger partial charge in [0.15, 0.2) is 6.61 Å². The highest BCUT2D eigenvalue weighted by atomic mass is 16.5. The molecule has 0 heterocycles. The van der Waals surface area contributed by atoms with Crippen molar-refractivity contribution in [2.24, 2.45) is 5.92 Å². The zero-order chi connectivity index (χ0) is 13.5. The van der Waals surface area contributed by atoms with Crippen LogP contribution < -0.4 is 14.8 Å². The second kappa shape index (κ2) is 6.89. The van der Waals surface area contributed by atoms with Crippen LogP contribution in [0.4, 0.5) is 0 Å². The van der Waals surface area contributed by atoms with Gasteiger partial charge in [-0.2, -0.15) is 0 Å². The summed E-state index contributed by atoms with van der Waals surface area (Å²) in [4.78, 5) is 11.6. The number of nitrogens with one attached hydrogen (secondary N) is 1. The van der Waals surface area contributed by atoms with Crippen molar-refractivity contribution in [1.29, 1.82) is 0 Å². The predicted molar refractivity (Wildman–Crippen MR) is 70.9 cm³/mol. The third-order valence-electron chi connectivity index (χ3n) is 2.82. The molecule has 0 radical (unpaired) electrons. The standard InChI is InChI=1S/C14H21NO3/c1-10(2)11(3)15-14(16)9-18-13-7-5-12(17-4)6-8-13/h5-8,10-11H,9H2,1-4H3,(H,15,16)/t11-/m1/s1. The van der Waals surface area contributed by atoms with Crippen LogP contribution in [-0.4, -0.2) is 25.7 Å². The third kappa shape index (κ3) is 4.65. The zero-order valence-electron chi connectivity index (χ0n) is 11.4. The number of ether oxygens (including phenoxy) is 2. The summed E-state index contributed by atoms with van der Waals surface area (Å²) in [6.45, 7) is 6.14. The Morgan fingerprint density at radius 3 is 2.22 bits per heavy atom. The summed E-state index contributed by atoms with van der Waals surface area (Å²) in [5, 5.41) is 2.88. The molecule has 100 valence electrons. The van der Waals surface area contributed by atoms with E-state index in [1.54, 1.807) is 31.4 Å². The molecule has 0 aromatic heterocycles. The molecule has 0 saturated carbocycles. The molecule has 1 aromatic rings. The summed E-state index contributed by atoms with van der Waals surface area (Å²) in [6.07, 6.45) is 0. The van der Waals surface area contributed by atoms with E-state index in [2.05, 4.69) is 19.2 Å². The highest BCUT2D eigenvalue weighted by Crippen LogP contribution is 2.16. The van der Waals surface area contributed by atoms with Gasteiger partial charge in [0.05, 0.1) is 7.11 Å². The number of hydrogen-bond donors (Lipinski definition) is 1. The van der Waals surface area contributed by atoms with Gasteiger partial charge in [-0.3, -0.25) is 4.79 Å². The van der Waals surface area contributed by atoms with Gasteiger partial charge in [-0.25, -0.2) is 0 Å². The van der Waals surface area contributed by atoms with E-state index in [1.807, 2.05) is 6.92 Å². The first kappa shape index (κ1) is 14.4. The number of methoxy groups -OCH3 is 1. The fourth-order valence-electron chi connectivity index (χ4n) is 1.28. The normalized spacial score (nSPS) is 12.1. The van der Waals surface area contributed by atoms with Gasteiger partial charge in [-0.1, -0.05) is 13.8 Å². The highest BCUT2D eigenvalue weighted by Gasteiger charge is 2.10. The molecular weight excluding hydrogens is 230 g/mol. The van der Waals surface area contributed by atoms with Gasteiger partial charge in [0.2, 0.25) is 0 Å². The first-order chi connectivity index (χ1) is 8.52. The van der Waals surface area contributed by atoms with Crippen molar-refractivity contribution in [2.45, 2.75) is 26.8 Å². The fourth-order valence-corrected chi connectivity index (χ4v) is 1.28. The summed E-state index contributed by atoms with van der Waals surface area (Å²) >= 11 is 0. The van der Waals surface area contributed by atoms with Gasteiger partial charge < -0.3 is 14.8 Å². The highest BCUT2D eigenvalue weighted by molar-refractivity contribution is 5.77.